The third-order valence-corrected chi connectivity index (χ3v) is 3.19. The highest BCUT2D eigenvalue weighted by Gasteiger charge is 2.13. The van der Waals surface area contributed by atoms with Gasteiger partial charge in [0, 0.05) is 12.2 Å². The van der Waals surface area contributed by atoms with Crippen molar-refractivity contribution < 1.29 is 23.5 Å². The lowest BCUT2D eigenvalue weighted by atomic mass is 10.2. The normalized spacial score (nSPS) is 10.1. The summed E-state index contributed by atoms with van der Waals surface area (Å²) in [4.78, 5) is 23.6. The number of amides is 1. The van der Waals surface area contributed by atoms with Crippen molar-refractivity contribution in [3.63, 3.8) is 0 Å². The highest BCUT2D eigenvalue weighted by Crippen LogP contribution is 2.14. The lowest BCUT2D eigenvalue weighted by Gasteiger charge is -2.09. The van der Waals surface area contributed by atoms with Crippen molar-refractivity contribution in [3.8, 4) is 5.75 Å². The fraction of sp³-hybridized carbons (Fsp3) is 0.176. The Balaban J connectivity index is 1.83. The van der Waals surface area contributed by atoms with Crippen LogP contribution in [-0.2, 0) is 16.1 Å². The molecular weight excluding hydrogens is 315 g/mol. The van der Waals surface area contributed by atoms with Gasteiger partial charge in [-0.3, -0.25) is 4.79 Å². The van der Waals surface area contributed by atoms with Crippen LogP contribution >= 0.6 is 0 Å². The van der Waals surface area contributed by atoms with Crippen molar-refractivity contribution in [3.05, 3.63) is 59.4 Å². The van der Waals surface area contributed by atoms with Gasteiger partial charge in [-0.05, 0) is 35.9 Å². The average Bonchev–Trinajstić information content (AvgIpc) is 2.58. The van der Waals surface area contributed by atoms with Gasteiger partial charge in [-0.2, -0.15) is 0 Å². The van der Waals surface area contributed by atoms with Crippen LogP contribution in [0.2, 0.25) is 0 Å². The molecule has 2 aromatic carbocycles. The van der Waals surface area contributed by atoms with E-state index in [0.717, 1.165) is 17.7 Å². The molecule has 126 valence electrons. The van der Waals surface area contributed by atoms with Crippen LogP contribution < -0.4 is 15.8 Å². The van der Waals surface area contributed by atoms with Gasteiger partial charge in [0.25, 0.3) is 5.91 Å². The first kappa shape index (κ1) is 17.3. The molecule has 0 atom stereocenters. The molecule has 2 rings (SSSR count). The summed E-state index contributed by atoms with van der Waals surface area (Å²) >= 11 is 0. The van der Waals surface area contributed by atoms with Gasteiger partial charge in [-0.25, -0.2) is 9.18 Å². The molecule has 0 aromatic heterocycles. The van der Waals surface area contributed by atoms with Crippen molar-refractivity contribution in [2.45, 2.75) is 6.54 Å². The van der Waals surface area contributed by atoms with E-state index in [9.17, 15) is 14.0 Å². The van der Waals surface area contributed by atoms with Gasteiger partial charge in [0.1, 0.15) is 11.6 Å². The number of esters is 1. The molecule has 0 fully saturated rings. The molecule has 0 saturated carbocycles. The van der Waals surface area contributed by atoms with Crippen LogP contribution in [0.15, 0.2) is 42.5 Å². The number of ether oxygens (including phenoxy) is 2. The van der Waals surface area contributed by atoms with Crippen molar-refractivity contribution in [1.82, 2.24) is 5.32 Å². The Kier molecular flexibility index (Phi) is 5.73. The van der Waals surface area contributed by atoms with Crippen LogP contribution in [0.25, 0.3) is 0 Å². The predicted molar refractivity (Wildman–Crippen MR) is 85.9 cm³/mol. The zero-order valence-electron chi connectivity index (χ0n) is 13.0. The van der Waals surface area contributed by atoms with E-state index in [2.05, 4.69) is 5.32 Å². The Bertz CT molecular complexity index is 749. The number of hydrogen-bond donors (Lipinski definition) is 2. The number of rotatable bonds is 6. The lowest BCUT2D eigenvalue weighted by Crippen LogP contribution is -2.28. The number of carbonyl (C=O) groups excluding carboxylic acids is 2. The van der Waals surface area contributed by atoms with Crippen molar-refractivity contribution in [2.75, 3.05) is 19.5 Å². The fourth-order valence-corrected chi connectivity index (χ4v) is 1.96. The monoisotopic (exact) mass is 332 g/mol. The van der Waals surface area contributed by atoms with Crippen molar-refractivity contribution in [1.29, 1.82) is 0 Å². The second-order valence-corrected chi connectivity index (χ2v) is 4.94. The quantitative estimate of drug-likeness (QED) is 0.623. The summed E-state index contributed by atoms with van der Waals surface area (Å²) in [6.45, 7) is -0.189. The van der Waals surface area contributed by atoms with Gasteiger partial charge in [-0.15, -0.1) is 0 Å². The molecule has 0 aliphatic heterocycles. The number of halogens is 1. The standard InChI is InChI=1S/C17H17FN2O4/c1-23-13-4-2-3-11(7-13)9-20-16(21)10-24-17(22)14-6-5-12(18)8-15(14)19/h2-8H,9-10,19H2,1H3,(H,20,21). The number of methoxy groups -OCH3 is 1. The molecule has 0 spiro atoms. The van der Waals surface area contributed by atoms with E-state index >= 15 is 0 Å². The fourth-order valence-electron chi connectivity index (χ4n) is 1.96. The van der Waals surface area contributed by atoms with Gasteiger partial charge in [-0.1, -0.05) is 12.1 Å². The number of nitrogens with one attached hydrogen (secondary N) is 1. The second-order valence-electron chi connectivity index (χ2n) is 4.94. The maximum atomic E-state index is 12.9. The van der Waals surface area contributed by atoms with E-state index in [1.165, 1.54) is 6.07 Å². The van der Waals surface area contributed by atoms with E-state index in [-0.39, 0.29) is 17.8 Å². The minimum absolute atomic E-state index is 0.0111. The van der Waals surface area contributed by atoms with Gasteiger partial charge in [0.2, 0.25) is 0 Å². The van der Waals surface area contributed by atoms with Crippen molar-refractivity contribution in [2.24, 2.45) is 0 Å². The van der Waals surface area contributed by atoms with Gasteiger partial charge in [0.15, 0.2) is 6.61 Å². The summed E-state index contributed by atoms with van der Waals surface area (Å²) < 4.78 is 22.9. The Morgan fingerprint density at radius 2 is 2.00 bits per heavy atom. The molecule has 0 unspecified atom stereocenters. The highest BCUT2D eigenvalue weighted by molar-refractivity contribution is 5.96. The number of nitrogens with two attached hydrogens (primary N) is 1. The highest BCUT2D eigenvalue weighted by atomic mass is 19.1. The van der Waals surface area contributed by atoms with Gasteiger partial charge < -0.3 is 20.5 Å². The lowest BCUT2D eigenvalue weighted by molar-refractivity contribution is -0.124. The van der Waals surface area contributed by atoms with E-state index in [0.29, 0.717) is 5.75 Å². The maximum Gasteiger partial charge on any atom is 0.340 e. The summed E-state index contributed by atoms with van der Waals surface area (Å²) in [5, 5.41) is 2.62. The summed E-state index contributed by atoms with van der Waals surface area (Å²) in [5.41, 5.74) is 6.35. The third kappa shape index (κ3) is 4.70. The molecule has 0 radical (unpaired) electrons. The molecule has 0 saturated heterocycles. The van der Waals surface area contributed by atoms with Crippen LogP contribution in [0, 0.1) is 5.82 Å². The SMILES string of the molecule is COc1cccc(CNC(=O)COC(=O)c2ccc(F)cc2N)c1. The molecule has 0 aliphatic rings. The van der Waals surface area contributed by atoms with Crippen LogP contribution in [0.5, 0.6) is 5.75 Å². The average molecular weight is 332 g/mol. The minimum atomic E-state index is -0.788. The summed E-state index contributed by atoms with van der Waals surface area (Å²) in [7, 11) is 1.55. The van der Waals surface area contributed by atoms with Crippen molar-refractivity contribution >= 4 is 17.6 Å². The number of nitrogen functional groups attached to an aromatic ring is 1. The molecule has 0 bridgehead atoms. The number of hydrogen-bond acceptors (Lipinski definition) is 5. The first-order chi connectivity index (χ1) is 11.5. The maximum absolute atomic E-state index is 12.9. The van der Waals surface area contributed by atoms with E-state index in [4.69, 9.17) is 15.2 Å². The largest absolute Gasteiger partial charge is 0.497 e. The van der Waals surface area contributed by atoms with Crippen LogP contribution in [-0.4, -0.2) is 25.6 Å². The Hall–Kier alpha value is -3.09. The first-order valence-corrected chi connectivity index (χ1v) is 7.11. The zero-order chi connectivity index (χ0) is 17.5. The smallest absolute Gasteiger partial charge is 0.340 e. The number of carbonyl (C=O) groups is 2. The number of anilines is 1. The third-order valence-electron chi connectivity index (χ3n) is 3.19. The van der Waals surface area contributed by atoms with Crippen LogP contribution in [0.1, 0.15) is 15.9 Å². The minimum Gasteiger partial charge on any atom is -0.497 e. The second kappa shape index (κ2) is 7.96. The molecule has 2 aromatic rings. The van der Waals surface area contributed by atoms with E-state index in [1.807, 2.05) is 6.07 Å². The Morgan fingerprint density at radius 3 is 2.71 bits per heavy atom. The zero-order valence-corrected chi connectivity index (χ0v) is 13.0. The number of benzene rings is 2. The summed E-state index contributed by atoms with van der Waals surface area (Å²) in [5.74, 6) is -1.13. The molecular formula is C17H17FN2O4. The molecule has 24 heavy (non-hydrogen) atoms. The van der Waals surface area contributed by atoms with Crippen LogP contribution in [0.4, 0.5) is 10.1 Å². The van der Waals surface area contributed by atoms with Gasteiger partial charge in [0.05, 0.1) is 12.7 Å². The predicted octanol–water partition coefficient (Wildman–Crippen LogP) is 1.89. The van der Waals surface area contributed by atoms with E-state index < -0.39 is 24.3 Å². The molecule has 6 nitrogen and oxygen atoms in total. The molecule has 0 aliphatic carbocycles. The first-order valence-electron chi connectivity index (χ1n) is 7.11. The van der Waals surface area contributed by atoms with E-state index in [1.54, 1.807) is 25.3 Å². The Morgan fingerprint density at radius 1 is 1.21 bits per heavy atom. The molecule has 1 amide bonds. The summed E-state index contributed by atoms with van der Waals surface area (Å²) in [6, 6.07) is 10.5. The molecule has 0 heterocycles. The van der Waals surface area contributed by atoms with Gasteiger partial charge >= 0.3 is 5.97 Å². The summed E-state index contributed by atoms with van der Waals surface area (Å²) in [6.07, 6.45) is 0. The Labute approximate surface area is 138 Å². The molecule has 7 heteroatoms. The van der Waals surface area contributed by atoms with Crippen LogP contribution in [0.3, 0.4) is 0 Å². The molecule has 3 N–H and O–H groups in total. The topological polar surface area (TPSA) is 90.6 Å².